The predicted octanol–water partition coefficient (Wildman–Crippen LogP) is 9.36. The number of imide groups is 1. The van der Waals surface area contributed by atoms with E-state index in [0.717, 1.165) is 79.0 Å². The molecular weight excluding hydrogens is 1160 g/mol. The number of piperidine rings is 1. The summed E-state index contributed by atoms with van der Waals surface area (Å²) in [5.41, 5.74) is 11.0. The summed E-state index contributed by atoms with van der Waals surface area (Å²) in [6, 6.07) is 13.4. The second-order valence-corrected chi connectivity index (χ2v) is 22.6. The van der Waals surface area contributed by atoms with Crippen LogP contribution in [0.3, 0.4) is 0 Å². The molecule has 1 atom stereocenters. The fourth-order valence-corrected chi connectivity index (χ4v) is 10.00. The fourth-order valence-electron chi connectivity index (χ4n) is 10.00. The van der Waals surface area contributed by atoms with Gasteiger partial charge in [-0.2, -0.15) is 13.2 Å². The van der Waals surface area contributed by atoms with Gasteiger partial charge in [-0.25, -0.2) is 9.78 Å². The van der Waals surface area contributed by atoms with E-state index < -0.39 is 29.5 Å². The molecule has 5 heterocycles. The van der Waals surface area contributed by atoms with Crippen LogP contribution in [-0.4, -0.2) is 166 Å². The Bertz CT molecular complexity index is 2870. The van der Waals surface area contributed by atoms with Gasteiger partial charge in [0.1, 0.15) is 31.5 Å². The lowest BCUT2D eigenvalue weighted by Gasteiger charge is -2.30. The first-order valence-corrected chi connectivity index (χ1v) is 31.0. The molecule has 7 rings (SSSR count). The van der Waals surface area contributed by atoms with Gasteiger partial charge in [-0.15, -0.1) is 0 Å². The van der Waals surface area contributed by atoms with Crippen LogP contribution in [0.1, 0.15) is 147 Å². The molecule has 490 valence electrons. The highest BCUT2D eigenvalue weighted by molar-refractivity contribution is 6.05. The van der Waals surface area contributed by atoms with Gasteiger partial charge in [0.2, 0.25) is 17.7 Å². The van der Waals surface area contributed by atoms with Crippen LogP contribution in [-0.2, 0) is 73.2 Å². The Morgan fingerprint density at radius 1 is 0.787 bits per heavy atom. The van der Waals surface area contributed by atoms with Crippen molar-refractivity contribution in [3.8, 4) is 17.0 Å². The van der Waals surface area contributed by atoms with Gasteiger partial charge >= 0.3 is 12.1 Å². The molecule has 20 nitrogen and oxygen atoms in total. The highest BCUT2D eigenvalue weighted by atomic mass is 19.4. The smallest absolute Gasteiger partial charge is 0.416 e. The lowest BCUT2D eigenvalue weighted by Crippen LogP contribution is -2.52. The van der Waals surface area contributed by atoms with Gasteiger partial charge in [0.15, 0.2) is 11.6 Å². The molecular formula is C66H91F3N6O14. The van der Waals surface area contributed by atoms with E-state index in [1.807, 2.05) is 39.0 Å². The summed E-state index contributed by atoms with van der Waals surface area (Å²) < 4.78 is 77.2. The normalized spacial score (nSPS) is 14.9. The molecule has 2 saturated heterocycles. The molecule has 2 aromatic carbocycles. The molecule has 2 aromatic heterocycles. The van der Waals surface area contributed by atoms with Crippen molar-refractivity contribution in [3.63, 3.8) is 0 Å². The number of nitrogens with one attached hydrogen (secondary N) is 1. The van der Waals surface area contributed by atoms with Crippen LogP contribution in [0, 0.1) is 12.8 Å². The number of aryl methyl sites for hydroxylation is 2. The lowest BCUT2D eigenvalue weighted by atomic mass is 9.98. The average molecular weight is 1250 g/mol. The van der Waals surface area contributed by atoms with Gasteiger partial charge < -0.3 is 53.8 Å². The first-order chi connectivity index (χ1) is 42.7. The topological polar surface area (TPSA) is 258 Å². The van der Waals surface area contributed by atoms with Crippen LogP contribution in [0.2, 0.25) is 0 Å². The van der Waals surface area contributed by atoms with Crippen LogP contribution in [0.4, 0.5) is 18.9 Å². The number of amides is 3. The zero-order chi connectivity index (χ0) is 64.6. The van der Waals surface area contributed by atoms with Gasteiger partial charge in [-0.1, -0.05) is 70.2 Å². The number of ether oxygens (including phenoxy) is 7. The number of benzene rings is 2. The summed E-state index contributed by atoms with van der Waals surface area (Å²) in [5, 5.41) is 10.9. The van der Waals surface area contributed by atoms with Crippen molar-refractivity contribution in [1.82, 2.24) is 20.2 Å². The number of hydrogen-bond donors (Lipinski definition) is 3. The monoisotopic (exact) mass is 1250 g/mol. The van der Waals surface area contributed by atoms with Gasteiger partial charge in [-0.3, -0.25) is 34.3 Å². The maximum atomic E-state index is 13.1. The Morgan fingerprint density at radius 2 is 1.47 bits per heavy atom. The number of Topliss-reactive ketones (excluding diaryl/α,β-unsaturated/α-hetero) is 2. The van der Waals surface area contributed by atoms with E-state index in [4.69, 9.17) is 44.0 Å². The minimum Gasteiger partial charge on any atom is -0.480 e. The van der Waals surface area contributed by atoms with Gasteiger partial charge in [0, 0.05) is 79.2 Å². The summed E-state index contributed by atoms with van der Waals surface area (Å²) in [4.78, 5) is 83.8. The number of aromatic nitrogens is 2. The zero-order valence-electron chi connectivity index (χ0n) is 52.3. The number of unbranched alkanes of at least 4 members (excludes halogenated alkanes) is 5. The number of alkyl halides is 3. The van der Waals surface area contributed by atoms with Crippen LogP contribution >= 0.6 is 0 Å². The van der Waals surface area contributed by atoms with Crippen LogP contribution in [0.25, 0.3) is 11.1 Å². The molecule has 3 aliphatic rings. The number of hydrogen-bond acceptors (Lipinski definition) is 17. The van der Waals surface area contributed by atoms with Crippen LogP contribution in [0.15, 0.2) is 67.0 Å². The molecule has 2 fully saturated rings. The van der Waals surface area contributed by atoms with Crippen molar-refractivity contribution < 1.29 is 80.2 Å². The van der Waals surface area contributed by atoms with Crippen molar-refractivity contribution in [2.75, 3.05) is 104 Å². The first kappa shape index (κ1) is 73.0. The number of carbonyl (C=O) groups excluding carboxylic acids is 5. The van der Waals surface area contributed by atoms with E-state index in [-0.39, 0.29) is 87.7 Å². The van der Waals surface area contributed by atoms with E-state index in [1.54, 1.807) is 23.4 Å². The van der Waals surface area contributed by atoms with E-state index in [1.165, 1.54) is 37.0 Å². The molecule has 4 aromatic rings. The van der Waals surface area contributed by atoms with Crippen molar-refractivity contribution in [2.24, 2.45) is 11.7 Å². The highest BCUT2D eigenvalue weighted by Crippen LogP contribution is 2.35. The number of carboxylic acid groups (broad SMARTS) is 1. The van der Waals surface area contributed by atoms with Crippen molar-refractivity contribution in [1.29, 1.82) is 0 Å². The number of fused-ring (bicyclic) bond motifs is 1. The third kappa shape index (κ3) is 26.3. The number of carbonyl (C=O) groups is 6. The maximum absolute atomic E-state index is 13.1. The Morgan fingerprint density at radius 3 is 2.17 bits per heavy atom. The van der Waals surface area contributed by atoms with Crippen molar-refractivity contribution in [3.05, 3.63) is 106 Å². The van der Waals surface area contributed by atoms with Gasteiger partial charge in [0.25, 0.3) is 5.91 Å². The molecule has 0 radical (unpaired) electrons. The number of pyridine rings is 2. The Kier molecular flexibility index (Phi) is 32.3. The molecule has 0 aliphatic carbocycles. The minimum atomic E-state index is -4.54. The van der Waals surface area contributed by atoms with E-state index in [2.05, 4.69) is 40.1 Å². The standard InChI is InChI=1S/C30H32F3N3O7.C18H23N3O3.C18H36O4/c1-20-25(13-21(17-34-20)14-27(37)22-3-2-4-24(15-22)30(31,32)33)23-16-26(36-5-7-40-8-6-36)29(35-18-23)43-12-11-41-9-10-42-19-28(38)39;19-10-3-1-2-5-12-6-4-7-13-14(12)11-21(18(13)24)15-8-9-16(22)20-17(15)23;1-16(2)9-7-5-6-8-10-18(19)15-21-12-11-20-13-14-22-17(3)4/h2-4,13,15-18H,5-12,14,19H2,1H3,(H,38,39);4,6-7,15H,1-3,5,8-11,19H2,(H,20,22,23);16-17H,5-15H2,1-4H3. The zero-order valence-corrected chi connectivity index (χ0v) is 52.3. The van der Waals surface area contributed by atoms with E-state index >= 15 is 0 Å². The first-order valence-electron chi connectivity index (χ1n) is 31.0. The van der Waals surface area contributed by atoms with Crippen molar-refractivity contribution >= 4 is 40.9 Å². The van der Waals surface area contributed by atoms with E-state index in [0.29, 0.717) is 101 Å². The molecule has 0 bridgehead atoms. The molecule has 0 spiro atoms. The quantitative estimate of drug-likeness (QED) is 0.0218. The van der Waals surface area contributed by atoms with Crippen LogP contribution < -0.4 is 20.7 Å². The second-order valence-electron chi connectivity index (χ2n) is 22.6. The number of ketones is 2. The molecule has 0 saturated carbocycles. The number of rotatable bonds is 36. The number of aliphatic carboxylic acids is 1. The molecule has 4 N–H and O–H groups in total. The SMILES string of the molecule is CC(C)CCCCCCC(=O)COCCOCCOC(C)C.Cc1ncc(CC(=O)c2cccc(C(F)(F)F)c2)cc1-c1cnc(OCCOCCOCC(=O)O)c(N2CCOCC2)c1.NCCCCCc1cccc2c1CN(C1CCC(=O)NC1=O)C2=O. The highest BCUT2D eigenvalue weighted by Gasteiger charge is 2.40. The maximum Gasteiger partial charge on any atom is 0.416 e. The summed E-state index contributed by atoms with van der Waals surface area (Å²) in [6.45, 7) is 16.6. The van der Waals surface area contributed by atoms with Gasteiger partial charge in [-0.05, 0) is 112 Å². The van der Waals surface area contributed by atoms with Gasteiger partial charge in [0.05, 0.1) is 71.1 Å². The Labute approximate surface area is 521 Å². The average Bonchev–Trinajstić information content (AvgIpc) is 2.79. The predicted molar refractivity (Wildman–Crippen MR) is 329 cm³/mol. The number of nitrogens with two attached hydrogens (primary N) is 1. The van der Waals surface area contributed by atoms with Crippen molar-refractivity contribution in [2.45, 2.75) is 143 Å². The summed E-state index contributed by atoms with van der Waals surface area (Å²) >= 11 is 0. The largest absolute Gasteiger partial charge is 0.480 e. The van der Waals surface area contributed by atoms with Crippen LogP contribution in [0.5, 0.6) is 5.88 Å². The summed E-state index contributed by atoms with van der Waals surface area (Å²) in [6.07, 6.45) is 10.1. The molecule has 1 unspecified atom stereocenters. The fraction of sp³-hybridized carbons (Fsp3) is 0.576. The summed E-state index contributed by atoms with van der Waals surface area (Å²) in [5.74, 6) is -0.843. The minimum absolute atomic E-state index is 0.0218. The number of morpholine rings is 1. The Balaban J connectivity index is 0.000000266. The number of carboxylic acids is 1. The third-order valence-corrected chi connectivity index (χ3v) is 14.7. The second kappa shape index (κ2) is 39.4. The summed E-state index contributed by atoms with van der Waals surface area (Å²) in [7, 11) is 0. The molecule has 89 heavy (non-hydrogen) atoms. The third-order valence-electron chi connectivity index (χ3n) is 14.7. The van der Waals surface area contributed by atoms with E-state index in [9.17, 15) is 41.9 Å². The lowest BCUT2D eigenvalue weighted by molar-refractivity contribution is -0.143. The molecule has 23 heteroatoms. The number of anilines is 1. The Hall–Kier alpha value is -6.73. The number of nitrogens with zero attached hydrogens (tertiary/aromatic N) is 4. The molecule has 3 amide bonds. The molecule has 3 aliphatic heterocycles. The number of halogens is 3.